The van der Waals surface area contributed by atoms with E-state index in [1.165, 1.54) is 12.1 Å². The van der Waals surface area contributed by atoms with Crippen LogP contribution in [-0.4, -0.2) is 46.0 Å². The van der Waals surface area contributed by atoms with Gasteiger partial charge in [-0.15, -0.1) is 0 Å². The van der Waals surface area contributed by atoms with E-state index < -0.39 is 23.8 Å². The first kappa shape index (κ1) is 24.7. The van der Waals surface area contributed by atoms with Gasteiger partial charge in [-0.05, 0) is 38.7 Å². The average molecular weight is 488 g/mol. The highest BCUT2D eigenvalue weighted by atomic mass is 19.3. The van der Waals surface area contributed by atoms with Gasteiger partial charge in [0.2, 0.25) is 11.8 Å². The van der Waals surface area contributed by atoms with Gasteiger partial charge in [0.25, 0.3) is 6.43 Å². The number of likely N-dealkylation sites (tertiary alicyclic amines) is 1. The van der Waals surface area contributed by atoms with E-state index in [1.54, 1.807) is 27.9 Å². The molecule has 3 aromatic rings. The zero-order valence-corrected chi connectivity index (χ0v) is 20.1. The average Bonchev–Trinajstić information content (AvgIpc) is 2.83. The molecule has 1 aromatic carbocycles. The number of methoxy groups -OCH3 is 1. The Labute approximate surface area is 201 Å². The van der Waals surface area contributed by atoms with E-state index in [0.29, 0.717) is 41.6 Å². The predicted octanol–water partition coefficient (Wildman–Crippen LogP) is 5.32. The number of ether oxygens (including phenoxy) is 1. The summed E-state index contributed by atoms with van der Waals surface area (Å²) in [5.74, 6) is 0.594. The molecule has 35 heavy (non-hydrogen) atoms. The van der Waals surface area contributed by atoms with Crippen molar-refractivity contribution in [1.29, 1.82) is 0 Å². The lowest BCUT2D eigenvalue weighted by atomic mass is 9.89. The van der Waals surface area contributed by atoms with Gasteiger partial charge in [-0.3, -0.25) is 4.79 Å². The molecular formula is C25H28F3N5O2. The standard InChI is InChI=1S/C25H28F3N5O2/c1-13(17-6-5-7-18(21(17)26)22(27)28)29-23-20-12-19(16-8-10-33(11-9-16)15(3)34)25(35-4)32-24(20)31-14(2)30-23/h5-7,12-13,16,22H,8-11H2,1-4H3,(H,29,30,31,32). The molecule has 1 atom stereocenters. The second-order valence-electron chi connectivity index (χ2n) is 8.77. The lowest BCUT2D eigenvalue weighted by molar-refractivity contribution is -0.129. The molecule has 0 aliphatic carbocycles. The van der Waals surface area contributed by atoms with Crippen molar-refractivity contribution in [2.45, 2.75) is 52.0 Å². The van der Waals surface area contributed by atoms with Crippen molar-refractivity contribution in [3.8, 4) is 5.88 Å². The maximum atomic E-state index is 14.8. The summed E-state index contributed by atoms with van der Waals surface area (Å²) in [6, 6.07) is 5.26. The van der Waals surface area contributed by atoms with Gasteiger partial charge in [-0.25, -0.2) is 23.1 Å². The molecule has 1 aliphatic heterocycles. The number of piperidine rings is 1. The summed E-state index contributed by atoms with van der Waals surface area (Å²) in [4.78, 5) is 27.1. The van der Waals surface area contributed by atoms with Crippen LogP contribution in [0.5, 0.6) is 5.88 Å². The number of pyridine rings is 1. The monoisotopic (exact) mass is 487 g/mol. The molecule has 1 fully saturated rings. The number of carbonyl (C=O) groups is 1. The molecule has 1 amide bonds. The first-order valence-electron chi connectivity index (χ1n) is 11.5. The molecule has 0 radical (unpaired) electrons. The van der Waals surface area contributed by atoms with E-state index >= 15 is 0 Å². The fourth-order valence-electron chi connectivity index (χ4n) is 4.59. The Morgan fingerprint density at radius 1 is 1.17 bits per heavy atom. The number of fused-ring (bicyclic) bond motifs is 1. The third-order valence-electron chi connectivity index (χ3n) is 6.48. The quantitative estimate of drug-likeness (QED) is 0.507. The maximum absolute atomic E-state index is 14.8. The molecule has 1 saturated heterocycles. The van der Waals surface area contributed by atoms with Gasteiger partial charge in [-0.2, -0.15) is 4.98 Å². The number of aryl methyl sites for hydroxylation is 1. The summed E-state index contributed by atoms with van der Waals surface area (Å²) in [7, 11) is 1.55. The molecule has 2 aromatic heterocycles. The number of nitrogens with zero attached hydrogens (tertiary/aromatic N) is 4. The van der Waals surface area contributed by atoms with Crippen molar-refractivity contribution in [2.75, 3.05) is 25.5 Å². The summed E-state index contributed by atoms with van der Waals surface area (Å²) in [6.07, 6.45) is -1.38. The van der Waals surface area contributed by atoms with E-state index in [-0.39, 0.29) is 17.4 Å². The summed E-state index contributed by atoms with van der Waals surface area (Å²) in [5.41, 5.74) is 0.781. The summed E-state index contributed by atoms with van der Waals surface area (Å²) in [6.45, 7) is 6.26. The van der Waals surface area contributed by atoms with E-state index in [1.807, 2.05) is 11.0 Å². The van der Waals surface area contributed by atoms with Gasteiger partial charge in [-0.1, -0.05) is 18.2 Å². The van der Waals surface area contributed by atoms with Crippen LogP contribution in [0.2, 0.25) is 0 Å². The number of hydrogen-bond acceptors (Lipinski definition) is 6. The Balaban J connectivity index is 1.71. The summed E-state index contributed by atoms with van der Waals surface area (Å²) in [5, 5.41) is 3.79. The number of nitrogens with one attached hydrogen (secondary N) is 1. The van der Waals surface area contributed by atoms with E-state index in [4.69, 9.17) is 4.74 Å². The van der Waals surface area contributed by atoms with E-state index in [0.717, 1.165) is 24.5 Å². The van der Waals surface area contributed by atoms with Crippen molar-refractivity contribution >= 4 is 22.8 Å². The largest absolute Gasteiger partial charge is 0.481 e. The Morgan fingerprint density at radius 2 is 1.86 bits per heavy atom. The number of carbonyl (C=O) groups excluding carboxylic acids is 1. The minimum Gasteiger partial charge on any atom is -0.481 e. The SMILES string of the molecule is COc1nc2nc(C)nc(NC(C)c3cccc(C(F)F)c3F)c2cc1C1CCN(C(C)=O)CC1. The molecule has 1 unspecified atom stereocenters. The minimum atomic E-state index is -2.90. The molecule has 4 rings (SSSR count). The molecule has 0 saturated carbocycles. The number of amides is 1. The van der Waals surface area contributed by atoms with Crippen molar-refractivity contribution in [3.05, 3.63) is 52.6 Å². The highest BCUT2D eigenvalue weighted by Crippen LogP contribution is 2.37. The molecule has 1 aliphatic rings. The predicted molar refractivity (Wildman–Crippen MR) is 126 cm³/mol. The van der Waals surface area contributed by atoms with Gasteiger partial charge in [0.15, 0.2) is 5.65 Å². The van der Waals surface area contributed by atoms with E-state index in [9.17, 15) is 18.0 Å². The van der Waals surface area contributed by atoms with Crippen LogP contribution < -0.4 is 10.1 Å². The van der Waals surface area contributed by atoms with Gasteiger partial charge in [0.1, 0.15) is 17.5 Å². The van der Waals surface area contributed by atoms with Gasteiger partial charge >= 0.3 is 0 Å². The smallest absolute Gasteiger partial charge is 0.266 e. The number of benzene rings is 1. The molecule has 10 heteroatoms. The second kappa shape index (κ2) is 10.1. The van der Waals surface area contributed by atoms with Crippen LogP contribution in [0.1, 0.15) is 67.6 Å². The third kappa shape index (κ3) is 5.01. The van der Waals surface area contributed by atoms with Gasteiger partial charge in [0, 0.05) is 31.1 Å². The Kier molecular flexibility index (Phi) is 7.09. The van der Waals surface area contributed by atoms with Gasteiger partial charge in [0.05, 0.1) is 24.1 Å². The number of anilines is 1. The van der Waals surface area contributed by atoms with Crippen molar-refractivity contribution in [2.24, 2.45) is 0 Å². The molecule has 0 spiro atoms. The zero-order chi connectivity index (χ0) is 25.3. The Bertz CT molecular complexity index is 1250. The number of halogens is 3. The highest BCUT2D eigenvalue weighted by molar-refractivity contribution is 5.88. The molecule has 7 nitrogen and oxygen atoms in total. The van der Waals surface area contributed by atoms with Crippen LogP contribution in [0.4, 0.5) is 19.0 Å². The van der Waals surface area contributed by atoms with Gasteiger partial charge < -0.3 is 15.0 Å². The normalized spacial score (nSPS) is 15.5. The second-order valence-corrected chi connectivity index (χ2v) is 8.77. The number of hydrogen-bond donors (Lipinski definition) is 1. The third-order valence-corrected chi connectivity index (χ3v) is 6.48. The lowest BCUT2D eigenvalue weighted by Gasteiger charge is -2.32. The molecule has 186 valence electrons. The molecular weight excluding hydrogens is 459 g/mol. The fraction of sp³-hybridized carbons (Fsp3) is 0.440. The van der Waals surface area contributed by atoms with Crippen LogP contribution in [0.25, 0.3) is 11.0 Å². The van der Waals surface area contributed by atoms with Crippen molar-refractivity contribution < 1.29 is 22.7 Å². The van der Waals surface area contributed by atoms with Crippen LogP contribution in [0, 0.1) is 12.7 Å². The zero-order valence-electron chi connectivity index (χ0n) is 20.1. The number of alkyl halides is 2. The molecule has 1 N–H and O–H groups in total. The number of aromatic nitrogens is 3. The highest BCUT2D eigenvalue weighted by Gasteiger charge is 2.27. The first-order valence-corrected chi connectivity index (χ1v) is 11.5. The summed E-state index contributed by atoms with van der Waals surface area (Å²) >= 11 is 0. The Morgan fingerprint density at radius 3 is 2.49 bits per heavy atom. The van der Waals surface area contributed by atoms with Crippen LogP contribution in [0.3, 0.4) is 0 Å². The molecule has 0 bridgehead atoms. The fourth-order valence-corrected chi connectivity index (χ4v) is 4.59. The number of rotatable bonds is 6. The van der Waals surface area contributed by atoms with E-state index in [2.05, 4.69) is 20.3 Å². The lowest BCUT2D eigenvalue weighted by Crippen LogP contribution is -2.36. The molecule has 3 heterocycles. The first-order chi connectivity index (χ1) is 16.7. The van der Waals surface area contributed by atoms with Crippen LogP contribution >= 0.6 is 0 Å². The Hall–Kier alpha value is -3.43. The maximum Gasteiger partial charge on any atom is 0.266 e. The van der Waals surface area contributed by atoms with Crippen molar-refractivity contribution in [1.82, 2.24) is 19.9 Å². The van der Waals surface area contributed by atoms with Crippen LogP contribution in [0.15, 0.2) is 24.3 Å². The van der Waals surface area contributed by atoms with Crippen LogP contribution in [-0.2, 0) is 4.79 Å². The minimum absolute atomic E-state index is 0.0551. The topological polar surface area (TPSA) is 80.2 Å². The van der Waals surface area contributed by atoms with Crippen molar-refractivity contribution in [3.63, 3.8) is 0 Å². The summed E-state index contributed by atoms with van der Waals surface area (Å²) < 4.78 is 46.7.